The average Bonchev–Trinajstić information content (AvgIpc) is 2.89. The van der Waals surface area contributed by atoms with Gasteiger partial charge in [0.1, 0.15) is 5.58 Å². The molecule has 0 bridgehead atoms. The van der Waals surface area contributed by atoms with Crippen molar-refractivity contribution in [3.05, 3.63) is 45.2 Å². The number of fused-ring (bicyclic) bond motifs is 1. The average molecular weight is 260 g/mol. The molecule has 2 aromatic heterocycles. The van der Waals surface area contributed by atoms with Gasteiger partial charge >= 0.3 is 5.95 Å². The molecule has 0 saturated heterocycles. The van der Waals surface area contributed by atoms with Crippen molar-refractivity contribution < 1.29 is 14.6 Å². The molecular weight excluding hydrogens is 252 g/mol. The molecule has 0 aliphatic rings. The molecule has 0 atom stereocenters. The molecule has 0 spiro atoms. The Morgan fingerprint density at radius 1 is 1.11 bits per heavy atom. The maximum atomic E-state index is 11.7. The van der Waals surface area contributed by atoms with Crippen LogP contribution in [0, 0.1) is 0 Å². The fourth-order valence-corrected chi connectivity index (χ4v) is 2.44. The number of rotatable bonds is 1. The predicted molar refractivity (Wildman–Crippen MR) is 69.1 cm³/mol. The smallest absolute Gasteiger partial charge is 0.330 e. The van der Waals surface area contributed by atoms with E-state index in [0.717, 1.165) is 11.1 Å². The summed E-state index contributed by atoms with van der Waals surface area (Å²) in [6.07, 6.45) is 0. The minimum Gasteiger partial charge on any atom is -0.499 e. The quantitative estimate of drug-likeness (QED) is 0.705. The first kappa shape index (κ1) is 10.9. The van der Waals surface area contributed by atoms with E-state index in [1.54, 1.807) is 29.5 Å². The molecule has 18 heavy (non-hydrogen) atoms. The van der Waals surface area contributed by atoms with Crippen molar-refractivity contribution in [3.63, 3.8) is 0 Å². The van der Waals surface area contributed by atoms with Crippen LogP contribution in [0.15, 0.2) is 44.2 Å². The van der Waals surface area contributed by atoms with E-state index < -0.39 is 17.1 Å². The Bertz CT molecular complexity index is 772. The summed E-state index contributed by atoms with van der Waals surface area (Å²) >= 11 is 1.57. The van der Waals surface area contributed by atoms with E-state index in [0.29, 0.717) is 0 Å². The van der Waals surface area contributed by atoms with E-state index in [9.17, 15) is 15.0 Å². The van der Waals surface area contributed by atoms with Crippen molar-refractivity contribution in [3.8, 4) is 22.8 Å². The molecule has 2 N–H and O–H groups in total. The maximum absolute atomic E-state index is 11.7. The number of hydrogen-bond acceptors (Lipinski definition) is 5. The first-order valence-electron chi connectivity index (χ1n) is 5.18. The fraction of sp³-hybridized carbons (Fsp3) is 0. The van der Waals surface area contributed by atoms with Crippen molar-refractivity contribution >= 4 is 22.3 Å². The highest BCUT2D eigenvalue weighted by Gasteiger charge is 2.13. The van der Waals surface area contributed by atoms with Crippen LogP contribution >= 0.6 is 11.3 Å². The standard InChI is InChI=1S/C13H8O4S/c14-11-9-2-1-7(8-3-4-18-6-8)5-10(9)17-13(16)12(11)15/h1-6,15-16H. The van der Waals surface area contributed by atoms with Gasteiger partial charge in [0, 0.05) is 0 Å². The zero-order valence-corrected chi connectivity index (χ0v) is 9.90. The molecule has 0 unspecified atom stereocenters. The van der Waals surface area contributed by atoms with Crippen molar-refractivity contribution in [2.24, 2.45) is 0 Å². The molecule has 0 saturated carbocycles. The van der Waals surface area contributed by atoms with Crippen molar-refractivity contribution in [2.45, 2.75) is 0 Å². The van der Waals surface area contributed by atoms with Gasteiger partial charge in [0.25, 0.3) is 0 Å². The second-order valence-corrected chi connectivity index (χ2v) is 4.59. The first-order valence-corrected chi connectivity index (χ1v) is 6.12. The van der Waals surface area contributed by atoms with Crippen molar-refractivity contribution in [1.82, 2.24) is 0 Å². The first-order chi connectivity index (χ1) is 8.66. The number of hydrogen-bond donors (Lipinski definition) is 2. The third-order valence-electron chi connectivity index (χ3n) is 2.71. The fourth-order valence-electron chi connectivity index (χ4n) is 1.78. The lowest BCUT2D eigenvalue weighted by atomic mass is 10.1. The van der Waals surface area contributed by atoms with Crippen LogP contribution in [0.25, 0.3) is 22.1 Å². The van der Waals surface area contributed by atoms with Gasteiger partial charge in [-0.25, -0.2) is 0 Å². The molecule has 3 aromatic rings. The monoisotopic (exact) mass is 260 g/mol. The molecule has 0 aliphatic carbocycles. The Morgan fingerprint density at radius 3 is 2.67 bits per heavy atom. The van der Waals surface area contributed by atoms with Gasteiger partial charge in [-0.1, -0.05) is 6.07 Å². The van der Waals surface area contributed by atoms with Gasteiger partial charge in [-0.3, -0.25) is 4.79 Å². The van der Waals surface area contributed by atoms with Crippen LogP contribution in [0.3, 0.4) is 0 Å². The van der Waals surface area contributed by atoms with E-state index in [1.807, 2.05) is 16.8 Å². The van der Waals surface area contributed by atoms with Crippen LogP contribution in [-0.4, -0.2) is 10.2 Å². The predicted octanol–water partition coefficient (Wildman–Crippen LogP) is 2.93. The van der Waals surface area contributed by atoms with Gasteiger partial charge < -0.3 is 14.6 Å². The summed E-state index contributed by atoms with van der Waals surface area (Å²) in [7, 11) is 0. The summed E-state index contributed by atoms with van der Waals surface area (Å²) in [4.78, 5) is 11.7. The highest BCUT2D eigenvalue weighted by Crippen LogP contribution is 2.29. The van der Waals surface area contributed by atoms with Gasteiger partial charge in [-0.2, -0.15) is 11.3 Å². The van der Waals surface area contributed by atoms with Gasteiger partial charge in [-0.05, 0) is 40.1 Å². The lowest BCUT2D eigenvalue weighted by Gasteiger charge is -2.02. The SMILES string of the molecule is O=c1c(O)c(O)oc2cc(-c3ccsc3)ccc12. The molecule has 0 radical (unpaired) electrons. The van der Waals surface area contributed by atoms with Crippen molar-refractivity contribution in [1.29, 1.82) is 0 Å². The molecular formula is C13H8O4S. The highest BCUT2D eigenvalue weighted by molar-refractivity contribution is 7.08. The summed E-state index contributed by atoms with van der Waals surface area (Å²) in [5.74, 6) is -1.51. The van der Waals surface area contributed by atoms with Crippen molar-refractivity contribution in [2.75, 3.05) is 0 Å². The van der Waals surface area contributed by atoms with Gasteiger partial charge in [0.2, 0.25) is 11.2 Å². The summed E-state index contributed by atoms with van der Waals surface area (Å²) in [6.45, 7) is 0. The molecule has 5 heteroatoms. The van der Waals surface area contributed by atoms with Gasteiger partial charge in [0.05, 0.1) is 5.39 Å². The van der Waals surface area contributed by atoms with E-state index in [2.05, 4.69) is 0 Å². The minimum atomic E-state index is -0.759. The van der Waals surface area contributed by atoms with Crippen LogP contribution in [0.5, 0.6) is 11.7 Å². The zero-order valence-electron chi connectivity index (χ0n) is 9.08. The van der Waals surface area contributed by atoms with E-state index in [1.165, 1.54) is 0 Å². The van der Waals surface area contributed by atoms with Gasteiger partial charge in [-0.15, -0.1) is 0 Å². The van der Waals surface area contributed by atoms with E-state index >= 15 is 0 Å². The highest BCUT2D eigenvalue weighted by atomic mass is 32.1. The van der Waals surface area contributed by atoms with Gasteiger partial charge in [0.15, 0.2) is 0 Å². The van der Waals surface area contributed by atoms with Crippen LogP contribution in [0.4, 0.5) is 0 Å². The molecule has 4 nitrogen and oxygen atoms in total. The zero-order chi connectivity index (χ0) is 12.7. The molecule has 90 valence electrons. The second-order valence-electron chi connectivity index (χ2n) is 3.81. The van der Waals surface area contributed by atoms with Crippen LogP contribution in [0.2, 0.25) is 0 Å². The number of aromatic hydroxyl groups is 2. The Balaban J connectivity index is 2.31. The molecule has 2 heterocycles. The molecule has 0 aliphatic heterocycles. The Labute approximate surface area is 105 Å². The Kier molecular flexibility index (Phi) is 2.34. The third-order valence-corrected chi connectivity index (χ3v) is 3.39. The maximum Gasteiger partial charge on any atom is 0.330 e. The van der Waals surface area contributed by atoms with E-state index in [4.69, 9.17) is 4.42 Å². The Morgan fingerprint density at radius 2 is 1.94 bits per heavy atom. The lowest BCUT2D eigenvalue weighted by molar-refractivity contribution is 0.303. The third kappa shape index (κ3) is 1.56. The van der Waals surface area contributed by atoms with Crippen LogP contribution in [-0.2, 0) is 0 Å². The summed E-state index contributed by atoms with van der Waals surface area (Å²) < 4.78 is 5.02. The number of thiophene rings is 1. The Hall–Kier alpha value is -2.27. The second kappa shape index (κ2) is 3.89. The lowest BCUT2D eigenvalue weighted by Crippen LogP contribution is -2.00. The number of benzene rings is 1. The topological polar surface area (TPSA) is 70.7 Å². The minimum absolute atomic E-state index is 0.240. The molecule has 0 fully saturated rings. The van der Waals surface area contributed by atoms with Crippen LogP contribution in [0.1, 0.15) is 0 Å². The summed E-state index contributed by atoms with van der Waals surface area (Å²) in [5, 5.41) is 22.8. The van der Waals surface area contributed by atoms with Crippen LogP contribution < -0.4 is 5.43 Å². The molecule has 3 rings (SSSR count). The summed E-state index contributed by atoms with van der Waals surface area (Å²) in [5.41, 5.74) is 1.51. The molecule has 0 amide bonds. The largest absolute Gasteiger partial charge is 0.499 e. The molecule has 1 aromatic carbocycles. The van der Waals surface area contributed by atoms with E-state index in [-0.39, 0.29) is 11.0 Å². The normalized spacial score (nSPS) is 10.9. The summed E-state index contributed by atoms with van der Waals surface area (Å²) in [6, 6.07) is 6.97.